The van der Waals surface area contributed by atoms with E-state index in [4.69, 9.17) is 23.2 Å². The monoisotopic (exact) mass is 269 g/mol. The molecular formula is C11H9Cl2N3O. The van der Waals surface area contributed by atoms with E-state index in [2.05, 4.69) is 9.97 Å². The number of benzene rings is 1. The van der Waals surface area contributed by atoms with Crippen molar-refractivity contribution in [3.8, 4) is 0 Å². The van der Waals surface area contributed by atoms with Crippen LogP contribution >= 0.6 is 23.2 Å². The average molecular weight is 270 g/mol. The molecule has 1 heterocycles. The molecule has 2 rings (SSSR count). The van der Waals surface area contributed by atoms with E-state index in [1.54, 1.807) is 7.05 Å². The van der Waals surface area contributed by atoms with Gasteiger partial charge in [0.15, 0.2) is 11.0 Å². The fraction of sp³-hybridized carbons (Fsp3) is 0.0909. The first kappa shape index (κ1) is 12.0. The number of nitrogens with zero attached hydrogens (tertiary/aromatic N) is 2. The third-order valence-electron chi connectivity index (χ3n) is 2.27. The van der Waals surface area contributed by atoms with Crippen molar-refractivity contribution in [2.75, 3.05) is 11.9 Å². The van der Waals surface area contributed by atoms with E-state index in [9.17, 15) is 4.79 Å². The molecule has 0 atom stereocenters. The van der Waals surface area contributed by atoms with Crippen molar-refractivity contribution in [3.05, 3.63) is 46.5 Å². The number of halogens is 2. The SMILES string of the molecule is CN(C(=O)c1nc(Cl)c(Cl)[nH]1)c1ccccc1. The van der Waals surface area contributed by atoms with Crippen LogP contribution in [0.4, 0.5) is 5.69 Å². The number of para-hydroxylation sites is 1. The summed E-state index contributed by atoms with van der Waals surface area (Å²) >= 11 is 11.4. The van der Waals surface area contributed by atoms with E-state index in [1.165, 1.54) is 4.90 Å². The van der Waals surface area contributed by atoms with Gasteiger partial charge >= 0.3 is 0 Å². The zero-order valence-corrected chi connectivity index (χ0v) is 10.5. The number of hydrogen-bond acceptors (Lipinski definition) is 2. The first-order chi connectivity index (χ1) is 8.09. The van der Waals surface area contributed by atoms with Gasteiger partial charge in [0.25, 0.3) is 5.91 Å². The Labute approximate surface area is 108 Å². The highest BCUT2D eigenvalue weighted by atomic mass is 35.5. The van der Waals surface area contributed by atoms with Crippen LogP contribution in [0.1, 0.15) is 10.6 Å². The Bertz CT molecular complexity index is 519. The van der Waals surface area contributed by atoms with Crippen LogP contribution in [0.5, 0.6) is 0 Å². The second kappa shape index (κ2) is 4.77. The molecule has 0 aliphatic heterocycles. The zero-order chi connectivity index (χ0) is 12.4. The van der Waals surface area contributed by atoms with Gasteiger partial charge in [0, 0.05) is 12.7 Å². The Morgan fingerprint density at radius 2 is 1.94 bits per heavy atom. The molecule has 2 aromatic rings. The minimum atomic E-state index is -0.301. The number of carbonyl (C=O) groups is 1. The van der Waals surface area contributed by atoms with Crippen LogP contribution in [-0.2, 0) is 0 Å². The number of carbonyl (C=O) groups excluding carboxylic acids is 1. The van der Waals surface area contributed by atoms with E-state index >= 15 is 0 Å². The van der Waals surface area contributed by atoms with Gasteiger partial charge in [0.2, 0.25) is 0 Å². The van der Waals surface area contributed by atoms with Crippen LogP contribution in [0.25, 0.3) is 0 Å². The van der Waals surface area contributed by atoms with Crippen LogP contribution < -0.4 is 4.90 Å². The highest BCUT2D eigenvalue weighted by Gasteiger charge is 2.18. The fourth-order valence-corrected chi connectivity index (χ4v) is 1.62. The van der Waals surface area contributed by atoms with Crippen LogP contribution in [0.2, 0.25) is 10.3 Å². The summed E-state index contributed by atoms with van der Waals surface area (Å²) in [6, 6.07) is 9.22. The molecule has 0 saturated heterocycles. The van der Waals surface area contributed by atoms with Crippen LogP contribution in [0, 0.1) is 0 Å². The Morgan fingerprint density at radius 1 is 1.29 bits per heavy atom. The number of H-pyrrole nitrogens is 1. The molecule has 0 saturated carbocycles. The maximum absolute atomic E-state index is 12.0. The Morgan fingerprint density at radius 3 is 2.47 bits per heavy atom. The largest absolute Gasteiger partial charge is 0.324 e. The lowest BCUT2D eigenvalue weighted by Gasteiger charge is -2.15. The number of amides is 1. The first-order valence-corrected chi connectivity index (χ1v) is 5.59. The van der Waals surface area contributed by atoms with E-state index in [1.807, 2.05) is 30.3 Å². The Hall–Kier alpha value is -1.52. The van der Waals surface area contributed by atoms with E-state index in [0.717, 1.165) is 5.69 Å². The lowest BCUT2D eigenvalue weighted by Crippen LogP contribution is -2.27. The molecule has 0 radical (unpaired) electrons. The second-order valence-corrected chi connectivity index (χ2v) is 4.13. The van der Waals surface area contributed by atoms with Gasteiger partial charge in [-0.25, -0.2) is 4.98 Å². The number of anilines is 1. The fourth-order valence-electron chi connectivity index (χ4n) is 1.36. The summed E-state index contributed by atoms with van der Waals surface area (Å²) in [5, 5.41) is 0.257. The standard InChI is InChI=1S/C11H9Cl2N3O/c1-16(7-5-3-2-4-6-7)11(17)10-14-8(12)9(13)15-10/h2-6H,1H3,(H,14,15). The first-order valence-electron chi connectivity index (χ1n) is 4.83. The van der Waals surface area contributed by atoms with Crippen molar-refractivity contribution in [2.24, 2.45) is 0 Å². The quantitative estimate of drug-likeness (QED) is 0.911. The molecule has 88 valence electrons. The van der Waals surface area contributed by atoms with Gasteiger partial charge in [-0.3, -0.25) is 4.79 Å². The van der Waals surface area contributed by atoms with Gasteiger partial charge in [-0.15, -0.1) is 0 Å². The molecule has 0 fully saturated rings. The smallest absolute Gasteiger partial charge is 0.293 e. The third-order valence-corrected chi connectivity index (χ3v) is 2.91. The highest BCUT2D eigenvalue weighted by molar-refractivity contribution is 6.40. The Balaban J connectivity index is 2.26. The molecule has 4 nitrogen and oxygen atoms in total. The van der Waals surface area contributed by atoms with Crippen molar-refractivity contribution < 1.29 is 4.79 Å². The van der Waals surface area contributed by atoms with Gasteiger partial charge in [-0.05, 0) is 12.1 Å². The molecule has 1 aromatic heterocycles. The Kier molecular flexibility index (Phi) is 3.36. The maximum Gasteiger partial charge on any atom is 0.293 e. The molecule has 0 aliphatic carbocycles. The van der Waals surface area contributed by atoms with Crippen LogP contribution in [0.15, 0.2) is 30.3 Å². The molecule has 17 heavy (non-hydrogen) atoms. The van der Waals surface area contributed by atoms with Crippen molar-refractivity contribution >= 4 is 34.8 Å². The number of aromatic amines is 1. The van der Waals surface area contributed by atoms with Crippen molar-refractivity contribution in [1.29, 1.82) is 0 Å². The van der Waals surface area contributed by atoms with Gasteiger partial charge in [-0.1, -0.05) is 41.4 Å². The summed E-state index contributed by atoms with van der Waals surface area (Å²) < 4.78 is 0. The second-order valence-electron chi connectivity index (χ2n) is 3.39. The summed E-state index contributed by atoms with van der Waals surface area (Å²) in [5.74, 6) is -0.184. The summed E-state index contributed by atoms with van der Waals surface area (Å²) in [7, 11) is 1.65. The number of nitrogens with one attached hydrogen (secondary N) is 1. The number of imidazole rings is 1. The minimum Gasteiger partial charge on any atom is -0.324 e. The van der Waals surface area contributed by atoms with E-state index in [-0.39, 0.29) is 22.0 Å². The maximum atomic E-state index is 12.0. The topological polar surface area (TPSA) is 49.0 Å². The molecule has 0 bridgehead atoms. The third kappa shape index (κ3) is 2.43. The molecule has 1 aromatic carbocycles. The summed E-state index contributed by atoms with van der Waals surface area (Å²) in [6.45, 7) is 0. The van der Waals surface area contributed by atoms with Crippen molar-refractivity contribution in [1.82, 2.24) is 9.97 Å². The summed E-state index contributed by atoms with van der Waals surface area (Å²) in [4.78, 5) is 20.0. The average Bonchev–Trinajstić information content (AvgIpc) is 2.69. The van der Waals surface area contributed by atoms with Gasteiger partial charge in [0.1, 0.15) is 5.15 Å². The summed E-state index contributed by atoms with van der Waals surface area (Å²) in [5.41, 5.74) is 0.765. The normalized spacial score (nSPS) is 10.3. The van der Waals surface area contributed by atoms with Crippen molar-refractivity contribution in [3.63, 3.8) is 0 Å². The lowest BCUT2D eigenvalue weighted by molar-refractivity contribution is 0.0984. The van der Waals surface area contributed by atoms with Crippen molar-refractivity contribution in [2.45, 2.75) is 0 Å². The molecule has 1 amide bonds. The summed E-state index contributed by atoms with van der Waals surface area (Å²) in [6.07, 6.45) is 0. The van der Waals surface area contributed by atoms with Gasteiger partial charge in [-0.2, -0.15) is 0 Å². The van der Waals surface area contributed by atoms with E-state index < -0.39 is 0 Å². The van der Waals surface area contributed by atoms with Gasteiger partial charge < -0.3 is 9.88 Å². The van der Waals surface area contributed by atoms with Crippen LogP contribution in [0.3, 0.4) is 0 Å². The number of rotatable bonds is 2. The van der Waals surface area contributed by atoms with Crippen LogP contribution in [-0.4, -0.2) is 22.9 Å². The molecule has 0 unspecified atom stereocenters. The molecule has 0 aliphatic rings. The molecule has 6 heteroatoms. The molecular weight excluding hydrogens is 261 g/mol. The highest BCUT2D eigenvalue weighted by Crippen LogP contribution is 2.20. The minimum absolute atomic E-state index is 0.0940. The number of aromatic nitrogens is 2. The molecule has 1 N–H and O–H groups in total. The predicted molar refractivity (Wildman–Crippen MR) is 67.8 cm³/mol. The molecule has 0 spiro atoms. The zero-order valence-electron chi connectivity index (χ0n) is 8.95. The van der Waals surface area contributed by atoms with E-state index in [0.29, 0.717) is 0 Å². The van der Waals surface area contributed by atoms with Gasteiger partial charge in [0.05, 0.1) is 0 Å². The predicted octanol–water partition coefficient (Wildman–Crippen LogP) is 2.99. The number of hydrogen-bond donors (Lipinski definition) is 1. The lowest BCUT2D eigenvalue weighted by atomic mass is 10.3.